The van der Waals surface area contributed by atoms with Crippen LogP contribution >= 0.6 is 0 Å². The zero-order chi connectivity index (χ0) is 7.33. The molecule has 0 aliphatic heterocycles. The van der Waals surface area contributed by atoms with E-state index in [0.29, 0.717) is 6.61 Å². The van der Waals surface area contributed by atoms with Gasteiger partial charge in [0.15, 0.2) is 0 Å². The van der Waals surface area contributed by atoms with Crippen molar-refractivity contribution in [2.75, 3.05) is 6.61 Å². The van der Waals surface area contributed by atoms with Crippen LogP contribution in [0.25, 0.3) is 0 Å². The molecule has 9 heavy (non-hydrogen) atoms. The lowest BCUT2D eigenvalue weighted by Gasteiger charge is -2.14. The molecule has 0 aromatic heterocycles. The monoisotopic (exact) mass is 126 g/mol. The summed E-state index contributed by atoms with van der Waals surface area (Å²) >= 11 is 0. The summed E-state index contributed by atoms with van der Waals surface area (Å²) in [6.07, 6.45) is 2.55. The summed E-state index contributed by atoms with van der Waals surface area (Å²) in [4.78, 5) is 0. The van der Waals surface area contributed by atoms with Crippen LogP contribution in [0, 0.1) is 17.4 Å². The van der Waals surface area contributed by atoms with E-state index in [2.05, 4.69) is 32.8 Å². The molecule has 0 atom stereocenters. The Bertz CT molecular complexity index is 120. The zero-order valence-corrected chi connectivity index (χ0v) is 6.62. The fraction of sp³-hybridized carbons (Fsp3) is 0.750. The molecule has 0 bridgehead atoms. The summed E-state index contributed by atoms with van der Waals surface area (Å²) in [7, 11) is 0. The predicted molar refractivity (Wildman–Crippen MR) is 38.9 cm³/mol. The van der Waals surface area contributed by atoms with Crippen molar-refractivity contribution in [3.05, 3.63) is 0 Å². The Labute approximate surface area is 57.4 Å². The molecule has 0 spiro atoms. The molecule has 0 N–H and O–H groups in total. The molecule has 52 valence electrons. The Morgan fingerprint density at radius 1 is 1.33 bits per heavy atom. The van der Waals surface area contributed by atoms with Crippen molar-refractivity contribution in [2.45, 2.75) is 27.7 Å². The minimum atomic E-state index is 0.226. The van der Waals surface area contributed by atoms with Crippen LogP contribution in [0.15, 0.2) is 0 Å². The van der Waals surface area contributed by atoms with Gasteiger partial charge >= 0.3 is 0 Å². The lowest BCUT2D eigenvalue weighted by molar-refractivity contribution is 0.170. The molecule has 0 aliphatic rings. The third-order valence-electron chi connectivity index (χ3n) is 0.679. The van der Waals surface area contributed by atoms with Crippen molar-refractivity contribution in [1.82, 2.24) is 0 Å². The van der Waals surface area contributed by atoms with Gasteiger partial charge in [-0.25, -0.2) is 0 Å². The molecule has 1 heteroatoms. The fourth-order valence-electron chi connectivity index (χ4n) is 0.325. The molecule has 0 aliphatic carbocycles. The first kappa shape index (κ1) is 8.36. The molecule has 0 saturated heterocycles. The van der Waals surface area contributed by atoms with Crippen molar-refractivity contribution in [2.24, 2.45) is 5.41 Å². The standard InChI is InChI=1S/C8H14O/c1-5-6-9-7-8(2,3)4/h7H2,1-4H3. The molecule has 1 nitrogen and oxygen atoms in total. The van der Waals surface area contributed by atoms with Crippen LogP contribution in [-0.4, -0.2) is 6.61 Å². The molecule has 0 rings (SSSR count). The Hall–Kier alpha value is -0.640. The van der Waals surface area contributed by atoms with E-state index in [4.69, 9.17) is 4.74 Å². The molecule has 0 saturated carbocycles. The van der Waals surface area contributed by atoms with Gasteiger partial charge in [-0.2, -0.15) is 0 Å². The van der Waals surface area contributed by atoms with Crippen LogP contribution in [0.2, 0.25) is 0 Å². The summed E-state index contributed by atoms with van der Waals surface area (Å²) in [6.45, 7) is 8.82. The van der Waals surface area contributed by atoms with Crippen molar-refractivity contribution in [3.63, 3.8) is 0 Å². The van der Waals surface area contributed by atoms with Crippen LogP contribution in [0.5, 0.6) is 0 Å². The smallest absolute Gasteiger partial charge is 0.109 e. The van der Waals surface area contributed by atoms with Crippen molar-refractivity contribution < 1.29 is 4.74 Å². The van der Waals surface area contributed by atoms with Crippen molar-refractivity contribution in [3.8, 4) is 12.0 Å². The molecular weight excluding hydrogens is 112 g/mol. The Morgan fingerprint density at radius 2 is 1.89 bits per heavy atom. The maximum atomic E-state index is 4.99. The van der Waals surface area contributed by atoms with Crippen molar-refractivity contribution >= 4 is 0 Å². The van der Waals surface area contributed by atoms with Crippen LogP contribution in [0.1, 0.15) is 27.7 Å². The number of rotatable bonds is 1. The van der Waals surface area contributed by atoms with E-state index in [1.807, 2.05) is 0 Å². The maximum absolute atomic E-state index is 4.99. The number of hydrogen-bond donors (Lipinski definition) is 0. The highest BCUT2D eigenvalue weighted by molar-refractivity contribution is 4.85. The van der Waals surface area contributed by atoms with Crippen LogP contribution in [0.4, 0.5) is 0 Å². The minimum Gasteiger partial charge on any atom is -0.446 e. The fourth-order valence-corrected chi connectivity index (χ4v) is 0.325. The largest absolute Gasteiger partial charge is 0.446 e. The lowest BCUT2D eigenvalue weighted by Crippen LogP contribution is -2.12. The Morgan fingerprint density at radius 3 is 2.22 bits per heavy atom. The topological polar surface area (TPSA) is 9.23 Å². The Kier molecular flexibility index (Phi) is 3.16. The second kappa shape index (κ2) is 3.40. The van der Waals surface area contributed by atoms with Crippen LogP contribution < -0.4 is 0 Å². The molecule has 0 amide bonds. The van der Waals surface area contributed by atoms with Gasteiger partial charge < -0.3 is 4.74 Å². The van der Waals surface area contributed by atoms with E-state index in [1.165, 1.54) is 0 Å². The van der Waals surface area contributed by atoms with Gasteiger partial charge in [-0.1, -0.05) is 26.7 Å². The molecule has 0 fully saturated rings. The van der Waals surface area contributed by atoms with Gasteiger partial charge in [-0.05, 0) is 5.41 Å². The normalized spacial score (nSPS) is 9.78. The average molecular weight is 126 g/mol. The van der Waals surface area contributed by atoms with Gasteiger partial charge in [0.2, 0.25) is 0 Å². The van der Waals surface area contributed by atoms with Gasteiger partial charge in [-0.3, -0.25) is 0 Å². The SMILES string of the molecule is CC#COCC(C)(C)C. The Balaban J connectivity index is 3.36. The van der Waals surface area contributed by atoms with E-state index >= 15 is 0 Å². The first-order valence-electron chi connectivity index (χ1n) is 3.10. The molecule has 0 aromatic rings. The highest BCUT2D eigenvalue weighted by Gasteiger charge is 2.08. The van der Waals surface area contributed by atoms with E-state index in [1.54, 1.807) is 6.92 Å². The van der Waals surface area contributed by atoms with E-state index < -0.39 is 0 Å². The van der Waals surface area contributed by atoms with Gasteiger partial charge in [0, 0.05) is 6.92 Å². The molecule has 0 heterocycles. The molecule has 0 aromatic carbocycles. The highest BCUT2D eigenvalue weighted by atomic mass is 16.5. The zero-order valence-electron chi connectivity index (χ0n) is 6.62. The summed E-state index contributed by atoms with van der Waals surface area (Å²) in [5.41, 5.74) is 0.226. The van der Waals surface area contributed by atoms with Crippen LogP contribution in [0.3, 0.4) is 0 Å². The van der Waals surface area contributed by atoms with E-state index in [9.17, 15) is 0 Å². The average Bonchev–Trinajstić information content (AvgIpc) is 1.63. The third-order valence-corrected chi connectivity index (χ3v) is 0.679. The van der Waals surface area contributed by atoms with Crippen molar-refractivity contribution in [1.29, 1.82) is 0 Å². The summed E-state index contributed by atoms with van der Waals surface area (Å²) in [5, 5.41) is 0. The predicted octanol–water partition coefficient (Wildman–Crippen LogP) is 2.03. The quantitative estimate of drug-likeness (QED) is 0.488. The second-order valence-corrected chi connectivity index (χ2v) is 3.20. The number of hydrogen-bond acceptors (Lipinski definition) is 1. The van der Waals surface area contributed by atoms with E-state index in [0.717, 1.165) is 0 Å². The number of ether oxygens (including phenoxy) is 1. The second-order valence-electron chi connectivity index (χ2n) is 3.20. The van der Waals surface area contributed by atoms with Gasteiger partial charge in [0.1, 0.15) is 12.7 Å². The summed E-state index contributed by atoms with van der Waals surface area (Å²) in [6, 6.07) is 0. The third kappa shape index (κ3) is 7.36. The molecule has 0 unspecified atom stereocenters. The van der Waals surface area contributed by atoms with Gasteiger partial charge in [0.25, 0.3) is 0 Å². The minimum absolute atomic E-state index is 0.226. The summed E-state index contributed by atoms with van der Waals surface area (Å²) in [5.74, 6) is 2.67. The van der Waals surface area contributed by atoms with Gasteiger partial charge in [-0.15, -0.1) is 0 Å². The maximum Gasteiger partial charge on any atom is 0.109 e. The molecule has 0 radical (unpaired) electrons. The van der Waals surface area contributed by atoms with Gasteiger partial charge in [0.05, 0.1) is 0 Å². The van der Waals surface area contributed by atoms with Crippen LogP contribution in [-0.2, 0) is 4.74 Å². The first-order valence-corrected chi connectivity index (χ1v) is 3.10. The summed E-state index contributed by atoms with van der Waals surface area (Å²) < 4.78 is 4.99. The lowest BCUT2D eigenvalue weighted by atomic mass is 9.99. The highest BCUT2D eigenvalue weighted by Crippen LogP contribution is 2.11. The van der Waals surface area contributed by atoms with E-state index in [-0.39, 0.29) is 5.41 Å². The molecular formula is C8H14O. The first-order chi connectivity index (χ1) is 4.06.